The Morgan fingerprint density at radius 1 is 1.23 bits per heavy atom. The van der Waals surface area contributed by atoms with Crippen LogP contribution < -0.4 is 10.6 Å². The highest BCUT2D eigenvalue weighted by atomic mass is 19.4. The molecule has 7 nitrogen and oxygen atoms in total. The number of hydrogen-bond acceptors (Lipinski definition) is 5. The summed E-state index contributed by atoms with van der Waals surface area (Å²) < 4.78 is 60.5. The van der Waals surface area contributed by atoms with Crippen molar-refractivity contribution < 1.29 is 27.1 Å². The number of carbonyl (C=O) groups is 1. The largest absolute Gasteiger partial charge is 0.410 e. The number of nitrogens with zero attached hydrogens (tertiary/aromatic N) is 3. The fourth-order valence-electron chi connectivity index (χ4n) is 3.84. The van der Waals surface area contributed by atoms with Gasteiger partial charge in [-0.25, -0.2) is 9.07 Å². The summed E-state index contributed by atoms with van der Waals surface area (Å²) in [5.74, 6) is -0.898. The number of hydrogen-bond donors (Lipinski definition) is 2. The minimum absolute atomic E-state index is 0.0847. The van der Waals surface area contributed by atoms with Crippen molar-refractivity contribution in [3.63, 3.8) is 0 Å². The molecule has 1 saturated heterocycles. The Morgan fingerprint density at radius 3 is 2.61 bits per heavy atom. The molecule has 31 heavy (non-hydrogen) atoms. The Morgan fingerprint density at radius 2 is 1.94 bits per heavy atom. The number of anilines is 1. The van der Waals surface area contributed by atoms with Crippen molar-refractivity contribution in [2.24, 2.45) is 0 Å². The lowest BCUT2D eigenvalue weighted by atomic mass is 9.97. The van der Waals surface area contributed by atoms with Crippen LogP contribution in [-0.2, 0) is 4.74 Å². The average molecular weight is 441 g/mol. The molecular weight excluding hydrogens is 418 g/mol. The Labute approximate surface area is 176 Å². The molecular formula is C20H23F4N5O2. The van der Waals surface area contributed by atoms with Gasteiger partial charge in [0.1, 0.15) is 11.6 Å². The molecule has 0 bridgehead atoms. The Hall–Kier alpha value is -2.66. The van der Waals surface area contributed by atoms with Crippen molar-refractivity contribution in [1.82, 2.24) is 20.0 Å². The minimum Gasteiger partial charge on any atom is -0.379 e. The van der Waals surface area contributed by atoms with E-state index in [4.69, 9.17) is 4.74 Å². The van der Waals surface area contributed by atoms with Crippen LogP contribution in [0.1, 0.15) is 34.6 Å². The standard InChI is InChI=1S/C20H23F4N5O2/c21-14-3-1-13(2-4-14)15-11-17(20(22,23)24)29-18(26-15)12-16(27-29)19(30)25-5-6-28-7-9-31-10-8-28/h1-4,12,15,17,26H,5-11H2,(H,25,30)/t15-,17+/m0/s1. The number of benzene rings is 1. The third-order valence-electron chi connectivity index (χ3n) is 5.51. The molecule has 2 aromatic rings. The lowest BCUT2D eigenvalue weighted by Gasteiger charge is -2.33. The third-order valence-corrected chi connectivity index (χ3v) is 5.51. The van der Waals surface area contributed by atoms with E-state index in [2.05, 4.69) is 20.6 Å². The van der Waals surface area contributed by atoms with Gasteiger partial charge in [-0.15, -0.1) is 0 Å². The minimum atomic E-state index is -4.55. The van der Waals surface area contributed by atoms with Crippen molar-refractivity contribution in [3.8, 4) is 0 Å². The van der Waals surface area contributed by atoms with Crippen LogP contribution in [0, 0.1) is 5.82 Å². The molecule has 2 aliphatic rings. The number of amides is 1. The van der Waals surface area contributed by atoms with Gasteiger partial charge in [-0.1, -0.05) is 12.1 Å². The van der Waals surface area contributed by atoms with Crippen molar-refractivity contribution in [3.05, 3.63) is 47.4 Å². The molecule has 1 fully saturated rings. The summed E-state index contributed by atoms with van der Waals surface area (Å²) in [7, 11) is 0. The van der Waals surface area contributed by atoms with E-state index in [1.54, 1.807) is 0 Å². The lowest BCUT2D eigenvalue weighted by Crippen LogP contribution is -2.41. The fraction of sp³-hybridized carbons (Fsp3) is 0.500. The smallest absolute Gasteiger partial charge is 0.379 e. The molecule has 0 saturated carbocycles. The van der Waals surface area contributed by atoms with E-state index in [9.17, 15) is 22.4 Å². The first-order valence-corrected chi connectivity index (χ1v) is 10.1. The van der Waals surface area contributed by atoms with Gasteiger partial charge >= 0.3 is 6.18 Å². The molecule has 168 valence electrons. The average Bonchev–Trinajstić information content (AvgIpc) is 3.18. The summed E-state index contributed by atoms with van der Waals surface area (Å²) in [4.78, 5) is 14.6. The summed E-state index contributed by atoms with van der Waals surface area (Å²) in [5.41, 5.74) is 0.443. The number of aromatic nitrogens is 2. The highest BCUT2D eigenvalue weighted by molar-refractivity contribution is 5.93. The molecule has 0 spiro atoms. The number of nitrogens with one attached hydrogen (secondary N) is 2. The Balaban J connectivity index is 1.48. The topological polar surface area (TPSA) is 71.4 Å². The van der Waals surface area contributed by atoms with E-state index in [1.807, 2.05) is 0 Å². The van der Waals surface area contributed by atoms with Crippen molar-refractivity contribution in [2.75, 3.05) is 44.7 Å². The Bertz CT molecular complexity index is 909. The van der Waals surface area contributed by atoms with Crippen LogP contribution in [-0.4, -0.2) is 66.2 Å². The van der Waals surface area contributed by atoms with Crippen molar-refractivity contribution in [1.29, 1.82) is 0 Å². The zero-order valence-electron chi connectivity index (χ0n) is 16.7. The van der Waals surface area contributed by atoms with E-state index in [1.165, 1.54) is 30.3 Å². The van der Waals surface area contributed by atoms with Crippen molar-refractivity contribution in [2.45, 2.75) is 24.7 Å². The second kappa shape index (κ2) is 8.83. The summed E-state index contributed by atoms with van der Waals surface area (Å²) in [5, 5.41) is 9.64. The molecule has 2 atom stereocenters. The number of fused-ring (bicyclic) bond motifs is 1. The number of ether oxygens (including phenoxy) is 1. The van der Waals surface area contributed by atoms with Crippen LogP contribution in [0.3, 0.4) is 0 Å². The maximum Gasteiger partial charge on any atom is 0.410 e. The molecule has 4 rings (SSSR count). The van der Waals surface area contributed by atoms with Gasteiger partial charge in [0.05, 0.1) is 19.3 Å². The van der Waals surface area contributed by atoms with Gasteiger partial charge in [0, 0.05) is 38.7 Å². The van der Waals surface area contributed by atoms with Crippen LogP contribution in [0.5, 0.6) is 0 Å². The lowest BCUT2D eigenvalue weighted by molar-refractivity contribution is -0.173. The molecule has 1 aromatic heterocycles. The molecule has 11 heteroatoms. The highest BCUT2D eigenvalue weighted by Crippen LogP contribution is 2.43. The maximum atomic E-state index is 13.7. The summed E-state index contributed by atoms with van der Waals surface area (Å²) in [6.07, 6.45) is -4.87. The number of morpholine rings is 1. The molecule has 2 N–H and O–H groups in total. The van der Waals surface area contributed by atoms with Gasteiger partial charge in [0.2, 0.25) is 0 Å². The van der Waals surface area contributed by atoms with Crippen molar-refractivity contribution >= 4 is 11.7 Å². The first-order valence-electron chi connectivity index (χ1n) is 10.1. The number of alkyl halides is 3. The molecule has 0 unspecified atom stereocenters. The zero-order chi connectivity index (χ0) is 22.0. The van der Waals surface area contributed by atoms with E-state index in [-0.39, 0.29) is 17.9 Å². The van der Waals surface area contributed by atoms with Gasteiger partial charge < -0.3 is 15.4 Å². The molecule has 1 aromatic carbocycles. The highest BCUT2D eigenvalue weighted by Gasteiger charge is 2.46. The van der Waals surface area contributed by atoms with Gasteiger partial charge in [-0.05, 0) is 17.7 Å². The van der Waals surface area contributed by atoms with E-state index >= 15 is 0 Å². The first-order chi connectivity index (χ1) is 14.8. The first kappa shape index (κ1) is 21.6. The molecule has 1 amide bonds. The normalized spacial score (nSPS) is 21.9. The van der Waals surface area contributed by atoms with E-state index < -0.39 is 30.0 Å². The van der Waals surface area contributed by atoms with E-state index in [0.717, 1.165) is 17.8 Å². The van der Waals surface area contributed by atoms with Gasteiger partial charge in [0.15, 0.2) is 11.7 Å². The summed E-state index contributed by atoms with van der Waals surface area (Å²) in [6.45, 7) is 3.81. The number of halogens is 4. The van der Waals surface area contributed by atoms with Crippen LogP contribution in [0.15, 0.2) is 30.3 Å². The predicted octanol–water partition coefficient (Wildman–Crippen LogP) is 2.74. The van der Waals surface area contributed by atoms with Crippen LogP contribution in [0.2, 0.25) is 0 Å². The number of carbonyl (C=O) groups excluding carboxylic acids is 1. The molecule has 0 radical (unpaired) electrons. The second-order valence-corrected chi connectivity index (χ2v) is 7.61. The monoisotopic (exact) mass is 441 g/mol. The maximum absolute atomic E-state index is 13.7. The quantitative estimate of drug-likeness (QED) is 0.699. The van der Waals surface area contributed by atoms with Gasteiger partial charge in [-0.2, -0.15) is 18.3 Å². The fourth-order valence-corrected chi connectivity index (χ4v) is 3.84. The van der Waals surface area contributed by atoms with E-state index in [0.29, 0.717) is 31.9 Å². The van der Waals surface area contributed by atoms with Gasteiger partial charge in [-0.3, -0.25) is 9.69 Å². The Kier molecular flexibility index (Phi) is 6.15. The van der Waals surface area contributed by atoms with Crippen LogP contribution >= 0.6 is 0 Å². The zero-order valence-corrected chi connectivity index (χ0v) is 16.7. The summed E-state index contributed by atoms with van der Waals surface area (Å²) >= 11 is 0. The number of rotatable bonds is 5. The summed E-state index contributed by atoms with van der Waals surface area (Å²) in [6, 6.07) is 4.05. The molecule has 2 aliphatic heterocycles. The van der Waals surface area contributed by atoms with Crippen LogP contribution in [0.25, 0.3) is 0 Å². The van der Waals surface area contributed by atoms with Crippen LogP contribution in [0.4, 0.5) is 23.4 Å². The third kappa shape index (κ3) is 4.99. The van der Waals surface area contributed by atoms with Gasteiger partial charge in [0.25, 0.3) is 5.91 Å². The predicted molar refractivity (Wildman–Crippen MR) is 104 cm³/mol. The second-order valence-electron chi connectivity index (χ2n) is 7.61. The molecule has 0 aliphatic carbocycles. The molecule has 3 heterocycles. The SMILES string of the molecule is O=C(NCCN1CCOCC1)c1cc2n(n1)[C@@H](C(F)(F)F)C[C@@H](c1ccc(F)cc1)N2.